The van der Waals surface area contributed by atoms with Gasteiger partial charge in [-0.2, -0.15) is 9.40 Å². The molecule has 1 unspecified atom stereocenters. The van der Waals surface area contributed by atoms with E-state index in [0.717, 1.165) is 5.69 Å². The van der Waals surface area contributed by atoms with Crippen LogP contribution in [0.1, 0.15) is 31.9 Å². The van der Waals surface area contributed by atoms with Crippen molar-refractivity contribution in [2.24, 2.45) is 7.05 Å². The summed E-state index contributed by atoms with van der Waals surface area (Å²) < 4.78 is 32.1. The fraction of sp³-hybridized carbons (Fsp3) is 0.667. The predicted octanol–water partition coefficient (Wildman–Crippen LogP) is 0.414. The second-order valence-electron chi connectivity index (χ2n) is 6.04. The third-order valence-electron chi connectivity index (χ3n) is 3.91. The van der Waals surface area contributed by atoms with Gasteiger partial charge in [0, 0.05) is 19.7 Å². The first kappa shape index (κ1) is 19.4. The number of ether oxygens (including phenoxy) is 1. The van der Waals surface area contributed by atoms with Crippen molar-refractivity contribution in [3.63, 3.8) is 0 Å². The van der Waals surface area contributed by atoms with Gasteiger partial charge in [0.1, 0.15) is 11.9 Å². The zero-order valence-electron chi connectivity index (χ0n) is 14.7. The minimum Gasteiger partial charge on any atom is -0.454 e. The third-order valence-corrected chi connectivity index (χ3v) is 5.99. The Balaban J connectivity index is 1.91. The molecule has 9 nitrogen and oxygen atoms in total. The first-order valence-electron chi connectivity index (χ1n) is 8.21. The molecule has 1 aromatic rings. The van der Waals surface area contributed by atoms with Crippen molar-refractivity contribution in [2.45, 2.75) is 39.2 Å². The molecule has 1 amide bonds. The number of carbonyl (C=O) groups excluding carboxylic acids is 2. The summed E-state index contributed by atoms with van der Waals surface area (Å²) in [6.45, 7) is 3.40. The van der Waals surface area contributed by atoms with E-state index < -0.39 is 34.5 Å². The Hall–Kier alpha value is -1.94. The van der Waals surface area contributed by atoms with Crippen LogP contribution in [-0.2, 0) is 31.4 Å². The van der Waals surface area contributed by atoms with Crippen LogP contribution in [0.3, 0.4) is 0 Å². The zero-order chi connectivity index (χ0) is 18.6. The quantitative estimate of drug-likeness (QED) is 0.694. The molecule has 25 heavy (non-hydrogen) atoms. The van der Waals surface area contributed by atoms with Crippen LogP contribution in [0.2, 0.25) is 0 Å². The number of rotatable bonds is 7. The molecule has 0 bridgehead atoms. The number of aromatic nitrogens is 2. The normalized spacial score (nSPS) is 18.3. The SMILES string of the molecule is CCCS(=O)(=O)N1CCCC1C(=O)OCC(=O)Nc1cc(C)nn1C. The van der Waals surface area contributed by atoms with Crippen molar-refractivity contribution < 1.29 is 22.7 Å². The van der Waals surface area contributed by atoms with E-state index in [2.05, 4.69) is 10.4 Å². The van der Waals surface area contributed by atoms with Gasteiger partial charge in [0.2, 0.25) is 10.0 Å². The van der Waals surface area contributed by atoms with Crippen LogP contribution >= 0.6 is 0 Å². The molecule has 1 atom stereocenters. The Kier molecular flexibility index (Phi) is 6.17. The van der Waals surface area contributed by atoms with E-state index in [4.69, 9.17) is 4.74 Å². The number of carbonyl (C=O) groups is 2. The summed E-state index contributed by atoms with van der Waals surface area (Å²) in [6.07, 6.45) is 1.49. The van der Waals surface area contributed by atoms with Gasteiger partial charge < -0.3 is 10.1 Å². The maximum absolute atomic E-state index is 12.2. The van der Waals surface area contributed by atoms with Crippen LogP contribution in [-0.4, -0.2) is 59.3 Å². The van der Waals surface area contributed by atoms with Crippen molar-refractivity contribution in [1.29, 1.82) is 0 Å². The van der Waals surface area contributed by atoms with E-state index in [1.807, 2.05) is 0 Å². The topological polar surface area (TPSA) is 111 Å². The fourth-order valence-electron chi connectivity index (χ4n) is 2.82. The first-order chi connectivity index (χ1) is 11.7. The fourth-order valence-corrected chi connectivity index (χ4v) is 4.56. The maximum atomic E-state index is 12.2. The highest BCUT2D eigenvalue weighted by molar-refractivity contribution is 7.89. The van der Waals surface area contributed by atoms with Crippen LogP contribution in [0.5, 0.6) is 0 Å². The van der Waals surface area contributed by atoms with Crippen molar-refractivity contribution in [2.75, 3.05) is 24.2 Å². The lowest BCUT2D eigenvalue weighted by Crippen LogP contribution is -2.43. The van der Waals surface area contributed by atoms with Gasteiger partial charge in [-0.1, -0.05) is 6.92 Å². The number of nitrogens with zero attached hydrogens (tertiary/aromatic N) is 3. The van der Waals surface area contributed by atoms with Crippen LogP contribution < -0.4 is 5.32 Å². The number of amides is 1. The van der Waals surface area contributed by atoms with Gasteiger partial charge in [-0.25, -0.2) is 8.42 Å². The second kappa shape index (κ2) is 7.96. The van der Waals surface area contributed by atoms with E-state index in [1.165, 1.54) is 8.99 Å². The summed E-state index contributed by atoms with van der Waals surface area (Å²) in [5, 5.41) is 6.69. The lowest BCUT2D eigenvalue weighted by Gasteiger charge is -2.22. The molecular formula is C15H24N4O5S. The molecule has 1 aliphatic rings. The number of hydrogen-bond acceptors (Lipinski definition) is 6. The van der Waals surface area contributed by atoms with Crippen molar-refractivity contribution in [3.05, 3.63) is 11.8 Å². The average Bonchev–Trinajstić information content (AvgIpc) is 3.12. The molecule has 0 saturated carbocycles. The number of nitrogens with one attached hydrogen (secondary N) is 1. The highest BCUT2D eigenvalue weighted by Crippen LogP contribution is 2.23. The molecule has 0 spiro atoms. The molecule has 1 aliphatic heterocycles. The van der Waals surface area contributed by atoms with Crippen molar-refractivity contribution in [1.82, 2.24) is 14.1 Å². The number of sulfonamides is 1. The molecule has 1 fully saturated rings. The number of aryl methyl sites for hydroxylation is 2. The van der Waals surface area contributed by atoms with E-state index in [9.17, 15) is 18.0 Å². The van der Waals surface area contributed by atoms with Crippen LogP contribution in [0.15, 0.2) is 6.07 Å². The molecule has 1 aromatic heterocycles. The van der Waals surface area contributed by atoms with Crippen molar-refractivity contribution >= 4 is 27.7 Å². The molecule has 140 valence electrons. The molecular weight excluding hydrogens is 348 g/mol. The minimum absolute atomic E-state index is 0.00287. The Morgan fingerprint density at radius 1 is 1.44 bits per heavy atom. The van der Waals surface area contributed by atoms with Crippen LogP contribution in [0, 0.1) is 6.92 Å². The maximum Gasteiger partial charge on any atom is 0.324 e. The molecule has 2 heterocycles. The Labute approximate surface area is 147 Å². The van der Waals surface area contributed by atoms with E-state index >= 15 is 0 Å². The standard InChI is InChI=1S/C15H24N4O5S/c1-4-8-25(22,23)19-7-5-6-12(19)15(21)24-10-14(20)16-13-9-11(2)17-18(13)3/h9,12H,4-8,10H2,1-3H3,(H,16,20). The highest BCUT2D eigenvalue weighted by atomic mass is 32.2. The number of anilines is 1. The van der Waals surface area contributed by atoms with Gasteiger partial charge in [0.25, 0.3) is 5.91 Å². The zero-order valence-corrected chi connectivity index (χ0v) is 15.5. The van der Waals surface area contributed by atoms with Gasteiger partial charge in [0.05, 0.1) is 11.4 Å². The molecule has 0 aromatic carbocycles. The molecule has 1 N–H and O–H groups in total. The van der Waals surface area contributed by atoms with Gasteiger partial charge >= 0.3 is 5.97 Å². The van der Waals surface area contributed by atoms with Crippen molar-refractivity contribution in [3.8, 4) is 0 Å². The number of hydrogen-bond donors (Lipinski definition) is 1. The third kappa shape index (κ3) is 4.79. The summed E-state index contributed by atoms with van der Waals surface area (Å²) in [5.41, 5.74) is 0.748. The van der Waals surface area contributed by atoms with Gasteiger partial charge in [0.15, 0.2) is 6.61 Å². The van der Waals surface area contributed by atoms with E-state index in [0.29, 0.717) is 31.6 Å². The van der Waals surface area contributed by atoms with E-state index in [1.54, 1.807) is 27.0 Å². The Bertz CT molecular complexity index is 743. The molecule has 1 saturated heterocycles. The van der Waals surface area contributed by atoms with Gasteiger partial charge in [-0.15, -0.1) is 0 Å². The second-order valence-corrected chi connectivity index (χ2v) is 8.08. The lowest BCUT2D eigenvalue weighted by molar-refractivity contribution is -0.150. The molecule has 10 heteroatoms. The minimum atomic E-state index is -3.47. The summed E-state index contributed by atoms with van der Waals surface area (Å²) in [4.78, 5) is 24.1. The van der Waals surface area contributed by atoms with E-state index in [-0.39, 0.29) is 5.75 Å². The largest absolute Gasteiger partial charge is 0.454 e. The average molecular weight is 372 g/mol. The van der Waals surface area contributed by atoms with Gasteiger partial charge in [-0.05, 0) is 26.2 Å². The molecule has 0 radical (unpaired) electrons. The number of esters is 1. The Morgan fingerprint density at radius 3 is 2.76 bits per heavy atom. The van der Waals surface area contributed by atoms with Crippen LogP contribution in [0.4, 0.5) is 5.82 Å². The van der Waals surface area contributed by atoms with Gasteiger partial charge in [-0.3, -0.25) is 14.3 Å². The lowest BCUT2D eigenvalue weighted by atomic mass is 10.2. The molecule has 2 rings (SSSR count). The summed E-state index contributed by atoms with van der Waals surface area (Å²) in [7, 11) is -1.79. The summed E-state index contributed by atoms with van der Waals surface area (Å²) >= 11 is 0. The monoisotopic (exact) mass is 372 g/mol. The summed E-state index contributed by atoms with van der Waals surface area (Å²) in [5.74, 6) is -0.700. The van der Waals surface area contributed by atoms with Crippen LogP contribution in [0.25, 0.3) is 0 Å². The Morgan fingerprint density at radius 2 is 2.16 bits per heavy atom. The summed E-state index contributed by atoms with van der Waals surface area (Å²) in [6, 6.07) is 0.846. The predicted molar refractivity (Wildman–Crippen MR) is 91.3 cm³/mol. The first-order valence-corrected chi connectivity index (χ1v) is 9.82. The molecule has 0 aliphatic carbocycles. The smallest absolute Gasteiger partial charge is 0.324 e. The highest BCUT2D eigenvalue weighted by Gasteiger charge is 2.39.